The van der Waals surface area contributed by atoms with E-state index in [0.29, 0.717) is 40.0 Å². The number of hydrogen-bond acceptors (Lipinski definition) is 6. The summed E-state index contributed by atoms with van der Waals surface area (Å²) >= 11 is 0. The first kappa shape index (κ1) is 17.0. The van der Waals surface area contributed by atoms with Crippen LogP contribution in [0.1, 0.15) is 58.4 Å². The second-order valence-corrected chi connectivity index (χ2v) is 7.14. The summed E-state index contributed by atoms with van der Waals surface area (Å²) in [5, 5.41) is 31.2. The minimum Gasteiger partial charge on any atom is -0.508 e. The molecule has 0 bridgehead atoms. The van der Waals surface area contributed by atoms with E-state index >= 15 is 0 Å². The van der Waals surface area contributed by atoms with Crippen molar-refractivity contribution in [1.82, 2.24) is 0 Å². The maximum Gasteiger partial charge on any atom is 0.182 e. The van der Waals surface area contributed by atoms with Crippen molar-refractivity contribution in [2.45, 2.75) is 37.8 Å². The monoisotopic (exact) mass is 356 g/mol. The highest BCUT2D eigenvalue weighted by molar-refractivity contribution is 6.01. The summed E-state index contributed by atoms with van der Waals surface area (Å²) in [5.41, 5.74) is 1.33. The Morgan fingerprint density at radius 1 is 1.19 bits per heavy atom. The van der Waals surface area contributed by atoms with Gasteiger partial charge in [0, 0.05) is 35.1 Å². The fourth-order valence-corrected chi connectivity index (χ4v) is 4.02. The summed E-state index contributed by atoms with van der Waals surface area (Å²) in [7, 11) is 1.51. The van der Waals surface area contributed by atoms with Gasteiger partial charge in [-0.15, -0.1) is 0 Å². The highest BCUT2D eigenvalue weighted by Gasteiger charge is 2.41. The lowest BCUT2D eigenvalue weighted by atomic mass is 9.77. The van der Waals surface area contributed by atoms with E-state index in [1.54, 1.807) is 31.2 Å². The Morgan fingerprint density at radius 2 is 1.96 bits per heavy atom. The van der Waals surface area contributed by atoms with Gasteiger partial charge in [-0.05, 0) is 24.6 Å². The van der Waals surface area contributed by atoms with Crippen LogP contribution in [-0.2, 0) is 11.2 Å². The minimum absolute atomic E-state index is 0.0372. The molecule has 0 saturated heterocycles. The van der Waals surface area contributed by atoms with Gasteiger partial charge in [-0.3, -0.25) is 4.79 Å². The number of ether oxygens (including phenoxy) is 2. The number of carbonyl (C=O) groups is 1. The maximum absolute atomic E-state index is 12.8. The molecule has 6 heteroatoms. The lowest BCUT2D eigenvalue weighted by Crippen LogP contribution is -2.36. The zero-order chi connectivity index (χ0) is 18.6. The number of ketones is 1. The maximum atomic E-state index is 12.8. The van der Waals surface area contributed by atoms with Crippen molar-refractivity contribution in [3.63, 3.8) is 0 Å². The SMILES string of the molecule is COc1cccc2c1[C@H](c1c(O)ccc3c1C(=O)C[C@](C)(O)C3)O[C@@H]2O. The molecule has 26 heavy (non-hydrogen) atoms. The number of benzene rings is 2. The third-order valence-electron chi connectivity index (χ3n) is 5.08. The molecule has 1 heterocycles. The molecule has 0 fully saturated rings. The quantitative estimate of drug-likeness (QED) is 0.765. The van der Waals surface area contributed by atoms with Crippen LogP contribution < -0.4 is 4.74 Å². The Kier molecular flexibility index (Phi) is 3.80. The summed E-state index contributed by atoms with van der Waals surface area (Å²) in [6.07, 6.45) is -1.75. The average molecular weight is 356 g/mol. The first-order valence-corrected chi connectivity index (χ1v) is 8.43. The smallest absolute Gasteiger partial charge is 0.182 e. The van der Waals surface area contributed by atoms with Gasteiger partial charge in [0.2, 0.25) is 0 Å². The molecule has 0 spiro atoms. The lowest BCUT2D eigenvalue weighted by Gasteiger charge is -2.31. The van der Waals surface area contributed by atoms with Crippen LogP contribution in [0.5, 0.6) is 11.5 Å². The van der Waals surface area contributed by atoms with Gasteiger partial charge in [0.1, 0.15) is 17.6 Å². The highest BCUT2D eigenvalue weighted by atomic mass is 16.6. The van der Waals surface area contributed by atoms with Gasteiger partial charge in [0.15, 0.2) is 12.1 Å². The van der Waals surface area contributed by atoms with E-state index in [1.807, 2.05) is 0 Å². The van der Waals surface area contributed by atoms with Crippen molar-refractivity contribution in [2.75, 3.05) is 7.11 Å². The van der Waals surface area contributed by atoms with Gasteiger partial charge in [-0.2, -0.15) is 0 Å². The number of aliphatic hydroxyl groups excluding tert-OH is 1. The van der Waals surface area contributed by atoms with Crippen LogP contribution in [0.15, 0.2) is 30.3 Å². The van der Waals surface area contributed by atoms with Crippen molar-refractivity contribution in [3.8, 4) is 11.5 Å². The normalized spacial score (nSPS) is 27.2. The number of phenols is 1. The standard InChI is InChI=1S/C20H20O6/c1-20(24)8-10-6-7-12(21)17(15(10)13(22)9-20)18-16-11(19(23)26-18)4-3-5-14(16)25-2/h3-7,18-19,21,23-24H,8-9H2,1-2H3/t18-,19+,20-/m1/s1. The van der Waals surface area contributed by atoms with E-state index in [1.165, 1.54) is 13.2 Å². The van der Waals surface area contributed by atoms with Gasteiger partial charge in [0.25, 0.3) is 0 Å². The molecule has 2 aromatic carbocycles. The number of hydrogen-bond donors (Lipinski definition) is 3. The van der Waals surface area contributed by atoms with Crippen LogP contribution in [0.25, 0.3) is 0 Å². The largest absolute Gasteiger partial charge is 0.508 e. The molecule has 6 nitrogen and oxygen atoms in total. The molecule has 2 aromatic rings. The summed E-state index contributed by atoms with van der Waals surface area (Å²) in [6, 6.07) is 8.35. The van der Waals surface area contributed by atoms with E-state index in [2.05, 4.69) is 0 Å². The second-order valence-electron chi connectivity index (χ2n) is 7.14. The van der Waals surface area contributed by atoms with Gasteiger partial charge in [-0.1, -0.05) is 18.2 Å². The van der Waals surface area contributed by atoms with Crippen LogP contribution in [0, 0.1) is 0 Å². The Hall–Kier alpha value is -2.41. The number of aliphatic hydroxyl groups is 2. The predicted molar refractivity (Wildman–Crippen MR) is 92.3 cm³/mol. The van der Waals surface area contributed by atoms with E-state index in [9.17, 15) is 20.1 Å². The molecule has 4 rings (SSSR count). The van der Waals surface area contributed by atoms with Crippen molar-refractivity contribution < 1.29 is 29.6 Å². The van der Waals surface area contributed by atoms with Crippen LogP contribution >= 0.6 is 0 Å². The van der Waals surface area contributed by atoms with Crippen LogP contribution in [0.2, 0.25) is 0 Å². The first-order valence-electron chi connectivity index (χ1n) is 8.43. The number of Topliss-reactive ketones (excluding diaryl/α,β-unsaturated/α-hetero) is 1. The highest BCUT2D eigenvalue weighted by Crippen LogP contribution is 2.50. The van der Waals surface area contributed by atoms with Crippen molar-refractivity contribution >= 4 is 5.78 Å². The van der Waals surface area contributed by atoms with E-state index in [0.717, 1.165) is 0 Å². The Balaban J connectivity index is 1.94. The fraction of sp³-hybridized carbons (Fsp3) is 0.350. The number of phenolic OH excluding ortho intramolecular Hbond substituents is 1. The van der Waals surface area contributed by atoms with Crippen molar-refractivity contribution in [3.05, 3.63) is 58.1 Å². The van der Waals surface area contributed by atoms with E-state index < -0.39 is 18.0 Å². The topological polar surface area (TPSA) is 96.2 Å². The first-order chi connectivity index (χ1) is 12.3. The van der Waals surface area contributed by atoms with Gasteiger partial charge in [-0.25, -0.2) is 0 Å². The van der Waals surface area contributed by atoms with E-state index in [-0.39, 0.29) is 18.0 Å². The molecule has 0 saturated carbocycles. The number of methoxy groups -OCH3 is 1. The molecule has 3 atom stereocenters. The molecule has 1 aliphatic carbocycles. The van der Waals surface area contributed by atoms with E-state index in [4.69, 9.17) is 9.47 Å². The molecule has 0 radical (unpaired) electrons. The van der Waals surface area contributed by atoms with Gasteiger partial charge in [0.05, 0.1) is 12.7 Å². The third-order valence-corrected chi connectivity index (χ3v) is 5.08. The molecular weight excluding hydrogens is 336 g/mol. The van der Waals surface area contributed by atoms with Crippen molar-refractivity contribution in [1.29, 1.82) is 0 Å². The number of carbonyl (C=O) groups excluding carboxylic acids is 1. The van der Waals surface area contributed by atoms with Crippen LogP contribution in [0.4, 0.5) is 0 Å². The molecular formula is C20H20O6. The second kappa shape index (κ2) is 5.81. The molecule has 0 unspecified atom stereocenters. The summed E-state index contributed by atoms with van der Waals surface area (Å²) in [6.45, 7) is 1.62. The molecule has 136 valence electrons. The molecule has 2 aliphatic rings. The Labute approximate surface area is 150 Å². The summed E-state index contributed by atoms with van der Waals surface area (Å²) < 4.78 is 11.1. The molecule has 1 aliphatic heterocycles. The summed E-state index contributed by atoms with van der Waals surface area (Å²) in [5.74, 6) is 0.162. The zero-order valence-corrected chi connectivity index (χ0v) is 14.5. The van der Waals surface area contributed by atoms with Gasteiger partial charge < -0.3 is 24.8 Å². The molecule has 3 N–H and O–H groups in total. The molecule has 0 aromatic heterocycles. The van der Waals surface area contributed by atoms with Crippen molar-refractivity contribution in [2.24, 2.45) is 0 Å². The van der Waals surface area contributed by atoms with Crippen LogP contribution in [-0.4, -0.2) is 33.8 Å². The zero-order valence-electron chi connectivity index (χ0n) is 14.5. The minimum atomic E-state index is -1.18. The third kappa shape index (κ3) is 2.49. The van der Waals surface area contributed by atoms with Crippen LogP contribution in [0.3, 0.4) is 0 Å². The molecule has 0 amide bonds. The Morgan fingerprint density at radius 3 is 2.69 bits per heavy atom. The summed E-state index contributed by atoms with van der Waals surface area (Å²) in [4.78, 5) is 12.8. The van der Waals surface area contributed by atoms with Gasteiger partial charge >= 0.3 is 0 Å². The predicted octanol–water partition coefficient (Wildman–Crippen LogP) is 2.39. The number of fused-ring (bicyclic) bond motifs is 2. The lowest BCUT2D eigenvalue weighted by molar-refractivity contribution is -0.109. The fourth-order valence-electron chi connectivity index (χ4n) is 4.02. The average Bonchev–Trinajstić information content (AvgIpc) is 2.91. The number of rotatable bonds is 2. The Bertz CT molecular complexity index is 901. The number of aromatic hydroxyl groups is 1.